The maximum atomic E-state index is 0. The Morgan fingerprint density at radius 2 is 1.00 bits per heavy atom. The summed E-state index contributed by atoms with van der Waals surface area (Å²) in [4.78, 5) is 0. The predicted octanol–water partition coefficient (Wildman–Crippen LogP) is -1.14. The van der Waals surface area contributed by atoms with Crippen molar-refractivity contribution in [3.63, 3.8) is 0 Å². The van der Waals surface area contributed by atoms with Gasteiger partial charge in [-0.1, -0.05) is 0 Å². The van der Waals surface area contributed by atoms with Gasteiger partial charge in [-0.3, -0.25) is 0 Å². The Bertz CT molecular complexity index is 8.00. The standard InChI is InChI=1S/Ba.Bi.Nd.Pb. The number of hydrogen-bond acceptors (Lipinski definition) is 0. The van der Waals surface area contributed by atoms with Crippen LogP contribution < -0.4 is 0 Å². The van der Waals surface area contributed by atoms with Gasteiger partial charge in [-0.15, -0.1) is 0 Å². The molecule has 0 saturated heterocycles. The van der Waals surface area contributed by atoms with Crippen molar-refractivity contribution in [2.75, 3.05) is 0 Å². The first-order valence-electron chi connectivity index (χ1n) is 0. The zero-order chi connectivity index (χ0) is 0. The Kier molecular flexibility index (Phi) is 91.2. The fourth-order valence-electron chi connectivity index (χ4n) is 0. The molecule has 0 unspecified atom stereocenters. The van der Waals surface area contributed by atoms with Gasteiger partial charge in [0, 0.05) is 143 Å². The third kappa shape index (κ3) is 9.87. The van der Waals surface area contributed by atoms with Gasteiger partial charge in [0.25, 0.3) is 0 Å². The van der Waals surface area contributed by atoms with E-state index in [9.17, 15) is 0 Å². The van der Waals surface area contributed by atoms with Crippen LogP contribution in [0.4, 0.5) is 0 Å². The van der Waals surface area contributed by atoms with E-state index in [1.54, 1.807) is 0 Å². The zero-order valence-corrected chi connectivity index (χ0v) is 17.2. The summed E-state index contributed by atoms with van der Waals surface area (Å²) >= 11 is 0. The molecule has 0 aromatic rings. The molecule has 0 bridgehead atoms. The molecule has 0 fully saturated rings. The molecule has 0 spiro atoms. The molecule has 9 radical (unpaired) electrons. The van der Waals surface area contributed by atoms with E-state index in [2.05, 4.69) is 0 Å². The van der Waals surface area contributed by atoms with Gasteiger partial charge >= 0.3 is 0 Å². The molecule has 15 valence electrons. The normalized spacial score (nSPS) is 0. The Hall–Kier alpha value is 4.73. The minimum atomic E-state index is 0. The van der Waals surface area contributed by atoms with Gasteiger partial charge in [0.15, 0.2) is 0 Å². The smallest absolute Gasteiger partial charge is 0 e. The fraction of sp³-hybridized carbons (Fsp3) is 0. The second kappa shape index (κ2) is 15.6. The van der Waals surface area contributed by atoms with Gasteiger partial charge in [0.2, 0.25) is 0 Å². The van der Waals surface area contributed by atoms with Crippen molar-refractivity contribution in [2.45, 2.75) is 0 Å². The van der Waals surface area contributed by atoms with E-state index in [4.69, 9.17) is 0 Å². The van der Waals surface area contributed by atoms with Crippen LogP contribution in [0, 0.1) is 40.8 Å². The van der Waals surface area contributed by atoms with E-state index >= 15 is 0 Å². The van der Waals surface area contributed by atoms with E-state index < -0.39 is 0 Å². The molecule has 0 aromatic heterocycles. The Labute approximate surface area is 139 Å². The van der Waals surface area contributed by atoms with E-state index in [-0.39, 0.29) is 143 Å². The Morgan fingerprint density at radius 1 is 1.00 bits per heavy atom. The van der Waals surface area contributed by atoms with Crippen molar-refractivity contribution in [1.29, 1.82) is 0 Å². The van der Waals surface area contributed by atoms with Crippen molar-refractivity contribution in [1.82, 2.24) is 0 Å². The Balaban J connectivity index is 0. The second-order valence-corrected chi connectivity index (χ2v) is 0. The van der Waals surface area contributed by atoms with Crippen LogP contribution in [0.1, 0.15) is 0 Å². The van der Waals surface area contributed by atoms with E-state index in [0.29, 0.717) is 0 Å². The van der Waals surface area contributed by atoms with Gasteiger partial charge in [0.05, 0.1) is 0 Å². The van der Waals surface area contributed by atoms with E-state index in [0.717, 1.165) is 0 Å². The fourth-order valence-corrected chi connectivity index (χ4v) is 0. The van der Waals surface area contributed by atoms with Crippen LogP contribution >= 0.6 is 0 Å². The molecular weight excluding hydrogens is 698 g/mol. The van der Waals surface area contributed by atoms with E-state index in [1.807, 2.05) is 0 Å². The summed E-state index contributed by atoms with van der Waals surface area (Å²) in [6.07, 6.45) is 0. The van der Waals surface area contributed by atoms with Crippen LogP contribution in [0.2, 0.25) is 0 Å². The van der Waals surface area contributed by atoms with Crippen LogP contribution in [-0.2, 0) is 0 Å². The van der Waals surface area contributed by atoms with Crippen molar-refractivity contribution in [2.24, 2.45) is 0 Å². The van der Waals surface area contributed by atoms with Crippen molar-refractivity contribution < 1.29 is 40.8 Å². The van der Waals surface area contributed by atoms with Crippen LogP contribution in [0.15, 0.2) is 0 Å². The molecular formula is BaBiNdPb. The average Bonchev–Trinajstić information content (AvgIpc) is 0. The van der Waals surface area contributed by atoms with E-state index in [1.165, 1.54) is 0 Å². The summed E-state index contributed by atoms with van der Waals surface area (Å²) in [6, 6.07) is 0. The minimum absolute atomic E-state index is 0. The van der Waals surface area contributed by atoms with Crippen molar-refractivity contribution in [3.05, 3.63) is 0 Å². The SMILES string of the molecule is [Ba].[Bi].[Nd].[Pb]. The number of rotatable bonds is 0. The molecule has 0 amide bonds. The maximum absolute atomic E-state index is 0. The summed E-state index contributed by atoms with van der Waals surface area (Å²) in [7, 11) is 0. The summed E-state index contributed by atoms with van der Waals surface area (Å²) in [5, 5.41) is 0. The van der Waals surface area contributed by atoms with Crippen LogP contribution in [0.25, 0.3) is 0 Å². The Morgan fingerprint density at radius 3 is 1.00 bits per heavy atom. The minimum Gasteiger partial charge on any atom is 0 e. The molecule has 0 saturated carbocycles. The van der Waals surface area contributed by atoms with Gasteiger partial charge in [-0.25, -0.2) is 0 Å². The molecule has 4 heteroatoms. The molecule has 0 nitrogen and oxygen atoms in total. The van der Waals surface area contributed by atoms with Crippen LogP contribution in [0.3, 0.4) is 0 Å². The monoisotopic (exact) mass is 697 g/mol. The molecule has 0 aliphatic carbocycles. The largest absolute Gasteiger partial charge is 0 e. The van der Waals surface area contributed by atoms with Crippen LogP contribution in [-0.4, -0.2) is 102 Å². The quantitative estimate of drug-likeness (QED) is 0.281. The summed E-state index contributed by atoms with van der Waals surface area (Å²) in [5.74, 6) is 0. The average molecular weight is 698 g/mol. The summed E-state index contributed by atoms with van der Waals surface area (Å²) in [5.41, 5.74) is 0. The molecule has 0 N–H and O–H groups in total. The third-order valence-corrected chi connectivity index (χ3v) is 0. The molecule has 0 heterocycles. The van der Waals surface area contributed by atoms with Gasteiger partial charge < -0.3 is 0 Å². The topological polar surface area (TPSA) is 0 Å². The third-order valence-electron chi connectivity index (χ3n) is 0. The molecule has 0 aliphatic rings. The predicted molar refractivity (Wildman–Crippen MR) is 17.3 cm³/mol. The zero-order valence-electron chi connectivity index (χ0n) is 2.15. The van der Waals surface area contributed by atoms with Crippen LogP contribution in [0.5, 0.6) is 0 Å². The van der Waals surface area contributed by atoms with Gasteiger partial charge in [-0.05, 0) is 0 Å². The molecule has 4 heavy (non-hydrogen) atoms. The van der Waals surface area contributed by atoms with Gasteiger partial charge in [0.1, 0.15) is 0 Å². The summed E-state index contributed by atoms with van der Waals surface area (Å²) in [6.45, 7) is 0. The summed E-state index contributed by atoms with van der Waals surface area (Å²) < 4.78 is 0. The first kappa shape index (κ1) is 23.3. The molecule has 0 aliphatic heterocycles. The maximum Gasteiger partial charge on any atom is 0 e. The molecule has 0 aromatic carbocycles. The molecule has 0 rings (SSSR count). The first-order chi connectivity index (χ1) is 0. The van der Waals surface area contributed by atoms with Gasteiger partial charge in [-0.2, -0.15) is 0 Å². The molecule has 0 atom stereocenters. The van der Waals surface area contributed by atoms with Crippen molar-refractivity contribution in [3.8, 4) is 0 Å². The first-order valence-corrected chi connectivity index (χ1v) is 0. The number of hydrogen-bond donors (Lipinski definition) is 0. The second-order valence-electron chi connectivity index (χ2n) is 0. The van der Waals surface area contributed by atoms with Crippen molar-refractivity contribution >= 4 is 102 Å².